The molecule has 27 heavy (non-hydrogen) atoms. The van der Waals surface area contributed by atoms with Crippen LogP contribution in [-0.2, 0) is 9.47 Å². The van der Waals surface area contributed by atoms with Gasteiger partial charge in [0.1, 0.15) is 5.60 Å². The summed E-state index contributed by atoms with van der Waals surface area (Å²) in [6, 6.07) is 0. The quantitative estimate of drug-likeness (QED) is 0.327. The lowest BCUT2D eigenvalue weighted by atomic mass is 10.2. The van der Waals surface area contributed by atoms with Crippen molar-refractivity contribution < 1.29 is 14.3 Å². The molecule has 1 saturated heterocycles. The minimum atomic E-state index is -0.477. The molecule has 1 aliphatic rings. The Morgan fingerprint density at radius 2 is 1.74 bits per heavy atom. The number of amides is 1. The third kappa shape index (κ3) is 10.9. The first-order valence-corrected chi connectivity index (χ1v) is 9.41. The second kappa shape index (κ2) is 12.6. The summed E-state index contributed by atoms with van der Waals surface area (Å²) in [5.74, 6) is 0.517. The molecule has 0 aromatic heterocycles. The van der Waals surface area contributed by atoms with Crippen LogP contribution in [0.15, 0.2) is 4.99 Å². The van der Waals surface area contributed by atoms with Crippen LogP contribution in [0, 0.1) is 0 Å². The lowest BCUT2D eigenvalue weighted by Crippen LogP contribution is -2.53. The van der Waals surface area contributed by atoms with E-state index < -0.39 is 5.60 Å². The monoisotopic (exact) mass is 499 g/mol. The van der Waals surface area contributed by atoms with Gasteiger partial charge in [-0.15, -0.1) is 24.0 Å². The van der Waals surface area contributed by atoms with Crippen molar-refractivity contribution in [1.82, 2.24) is 14.7 Å². The van der Waals surface area contributed by atoms with E-state index in [1.807, 2.05) is 46.7 Å². The van der Waals surface area contributed by atoms with Crippen LogP contribution in [0.4, 0.5) is 4.79 Å². The fourth-order valence-corrected chi connectivity index (χ4v) is 2.61. The van der Waals surface area contributed by atoms with Crippen LogP contribution in [0.2, 0.25) is 0 Å². The molecule has 0 aliphatic carbocycles. The molecule has 1 rings (SSSR count). The molecule has 1 fully saturated rings. The Bertz CT molecular complexity index is 460. The summed E-state index contributed by atoms with van der Waals surface area (Å²) in [6.07, 6.45) is 0.723. The van der Waals surface area contributed by atoms with Gasteiger partial charge in [-0.25, -0.2) is 4.79 Å². The molecule has 9 heteroatoms. The molecule has 1 atom stereocenters. The van der Waals surface area contributed by atoms with Crippen molar-refractivity contribution in [2.75, 3.05) is 60.0 Å². The van der Waals surface area contributed by atoms with Crippen LogP contribution in [0.25, 0.3) is 0 Å². The van der Waals surface area contributed by atoms with Crippen molar-refractivity contribution in [2.45, 2.75) is 45.8 Å². The van der Waals surface area contributed by atoms with E-state index in [4.69, 9.17) is 15.2 Å². The first-order chi connectivity index (χ1) is 12.1. The Morgan fingerprint density at radius 3 is 2.22 bits per heavy atom. The summed E-state index contributed by atoms with van der Waals surface area (Å²) in [5, 5.41) is 0. The zero-order valence-electron chi connectivity index (χ0n) is 17.7. The van der Waals surface area contributed by atoms with E-state index in [9.17, 15) is 4.79 Å². The summed E-state index contributed by atoms with van der Waals surface area (Å²) >= 11 is 0. The number of carbonyl (C=O) groups is 1. The lowest BCUT2D eigenvalue weighted by Gasteiger charge is -2.36. The van der Waals surface area contributed by atoms with Gasteiger partial charge >= 0.3 is 6.09 Å². The number of carbonyl (C=O) groups excluding carboxylic acids is 1. The standard InChI is InChI=1S/C18H37N5O3.HI/c1-7-25-15(8-9-21(5)6)14-20-16(19)22-10-12-23(13-11-22)17(24)26-18(2,3)4;/h15H,7-14H2,1-6H3,(H2,19,20);1H. The van der Waals surface area contributed by atoms with Gasteiger partial charge in [-0.1, -0.05) is 0 Å². The molecule has 0 aromatic carbocycles. The minimum absolute atomic E-state index is 0. The fraction of sp³-hybridized carbons (Fsp3) is 0.889. The van der Waals surface area contributed by atoms with Crippen molar-refractivity contribution in [1.29, 1.82) is 0 Å². The van der Waals surface area contributed by atoms with Gasteiger partial charge in [0.15, 0.2) is 5.96 Å². The van der Waals surface area contributed by atoms with Gasteiger partial charge in [0.25, 0.3) is 0 Å². The maximum atomic E-state index is 12.1. The Kier molecular flexibility index (Phi) is 12.2. The number of rotatable bonds is 7. The normalized spacial score (nSPS) is 16.9. The lowest BCUT2D eigenvalue weighted by molar-refractivity contribution is 0.0186. The van der Waals surface area contributed by atoms with Gasteiger partial charge in [0, 0.05) is 39.3 Å². The smallest absolute Gasteiger partial charge is 0.410 e. The zero-order valence-corrected chi connectivity index (χ0v) is 20.1. The summed E-state index contributed by atoms with van der Waals surface area (Å²) in [4.78, 5) is 22.5. The number of hydrogen-bond donors (Lipinski definition) is 1. The Hall–Kier alpha value is -0.810. The largest absolute Gasteiger partial charge is 0.444 e. The van der Waals surface area contributed by atoms with Gasteiger partial charge in [-0.3, -0.25) is 4.99 Å². The number of halogens is 1. The van der Waals surface area contributed by atoms with Gasteiger partial charge in [-0.2, -0.15) is 0 Å². The van der Waals surface area contributed by atoms with E-state index in [2.05, 4.69) is 9.89 Å². The SMILES string of the molecule is CCOC(CCN(C)C)CN=C(N)N1CCN(C(=O)OC(C)(C)C)CC1.I. The summed E-state index contributed by atoms with van der Waals surface area (Å²) in [5.41, 5.74) is 5.67. The highest BCUT2D eigenvalue weighted by molar-refractivity contribution is 14.0. The summed E-state index contributed by atoms with van der Waals surface area (Å²) in [7, 11) is 4.09. The average Bonchev–Trinajstić information content (AvgIpc) is 2.55. The van der Waals surface area contributed by atoms with Crippen molar-refractivity contribution in [3.05, 3.63) is 0 Å². The van der Waals surface area contributed by atoms with E-state index >= 15 is 0 Å². The third-order valence-corrected chi connectivity index (χ3v) is 4.01. The molecule has 0 spiro atoms. The Balaban J connectivity index is 0.00000676. The second-order valence-corrected chi connectivity index (χ2v) is 7.82. The Morgan fingerprint density at radius 1 is 1.19 bits per heavy atom. The molecule has 8 nitrogen and oxygen atoms in total. The van der Waals surface area contributed by atoms with Gasteiger partial charge in [0.05, 0.1) is 12.6 Å². The van der Waals surface area contributed by atoms with E-state index in [0.29, 0.717) is 45.3 Å². The molecule has 0 aromatic rings. The number of hydrogen-bond acceptors (Lipinski definition) is 5. The number of aliphatic imine (C=N–C) groups is 1. The van der Waals surface area contributed by atoms with Crippen LogP contribution in [0.3, 0.4) is 0 Å². The van der Waals surface area contributed by atoms with E-state index in [0.717, 1.165) is 13.0 Å². The number of guanidine groups is 1. The third-order valence-electron chi connectivity index (χ3n) is 4.01. The maximum absolute atomic E-state index is 12.1. The summed E-state index contributed by atoms with van der Waals surface area (Å²) < 4.78 is 11.2. The van der Waals surface area contributed by atoms with E-state index in [1.54, 1.807) is 4.90 Å². The molecule has 1 unspecified atom stereocenters. The molecular formula is C18H38IN5O3. The molecule has 160 valence electrons. The summed E-state index contributed by atoms with van der Waals surface area (Å²) in [6.45, 7) is 12.3. The molecule has 2 N–H and O–H groups in total. The van der Waals surface area contributed by atoms with E-state index in [-0.39, 0.29) is 36.2 Å². The molecule has 1 heterocycles. The highest BCUT2D eigenvalue weighted by Crippen LogP contribution is 2.12. The number of piperazine rings is 1. The number of nitrogens with zero attached hydrogens (tertiary/aromatic N) is 4. The molecule has 0 radical (unpaired) electrons. The van der Waals surface area contributed by atoms with Gasteiger partial charge < -0.3 is 29.9 Å². The van der Waals surface area contributed by atoms with Gasteiger partial charge in [-0.05, 0) is 48.2 Å². The first kappa shape index (κ1) is 26.2. The average molecular weight is 499 g/mol. The first-order valence-electron chi connectivity index (χ1n) is 9.41. The zero-order chi connectivity index (χ0) is 19.7. The number of ether oxygens (including phenoxy) is 2. The second-order valence-electron chi connectivity index (χ2n) is 7.82. The predicted molar refractivity (Wildman–Crippen MR) is 120 cm³/mol. The number of nitrogens with two attached hydrogens (primary N) is 1. The van der Waals surface area contributed by atoms with Crippen molar-refractivity contribution in [3.63, 3.8) is 0 Å². The molecule has 0 saturated carbocycles. The highest BCUT2D eigenvalue weighted by Gasteiger charge is 2.26. The van der Waals surface area contributed by atoms with Crippen LogP contribution in [-0.4, -0.2) is 98.4 Å². The van der Waals surface area contributed by atoms with Crippen molar-refractivity contribution in [2.24, 2.45) is 10.7 Å². The molecule has 0 bridgehead atoms. The van der Waals surface area contributed by atoms with Crippen LogP contribution < -0.4 is 5.73 Å². The van der Waals surface area contributed by atoms with Crippen LogP contribution in [0.5, 0.6) is 0 Å². The topological polar surface area (TPSA) is 83.6 Å². The molecular weight excluding hydrogens is 461 g/mol. The van der Waals surface area contributed by atoms with Crippen molar-refractivity contribution >= 4 is 36.0 Å². The maximum Gasteiger partial charge on any atom is 0.410 e. The van der Waals surface area contributed by atoms with Gasteiger partial charge in [0.2, 0.25) is 0 Å². The van der Waals surface area contributed by atoms with Crippen molar-refractivity contribution in [3.8, 4) is 0 Å². The molecule has 1 aliphatic heterocycles. The highest BCUT2D eigenvalue weighted by atomic mass is 127. The van der Waals surface area contributed by atoms with E-state index in [1.165, 1.54) is 0 Å². The minimum Gasteiger partial charge on any atom is -0.444 e. The predicted octanol–water partition coefficient (Wildman–Crippen LogP) is 1.83. The molecule has 1 amide bonds. The Labute approximate surface area is 181 Å². The van der Waals surface area contributed by atoms with Crippen LogP contribution in [0.1, 0.15) is 34.1 Å². The fourth-order valence-electron chi connectivity index (χ4n) is 2.61. The van der Waals surface area contributed by atoms with Crippen LogP contribution >= 0.6 is 24.0 Å².